The maximum Gasteiger partial charge on any atom is 0.101 e. The average molecular weight is 200 g/mol. The minimum absolute atomic E-state index is 0.426. The van der Waals surface area contributed by atoms with Gasteiger partial charge in [-0.15, -0.1) is 0 Å². The Hall–Kier alpha value is -1.07. The Morgan fingerprint density at radius 2 is 2.08 bits per heavy atom. The van der Waals surface area contributed by atoms with Crippen LogP contribution in [0.2, 0.25) is 0 Å². The second-order valence-electron chi connectivity index (χ2n) is 2.81. The van der Waals surface area contributed by atoms with Crippen molar-refractivity contribution in [2.24, 2.45) is 0 Å². The van der Waals surface area contributed by atoms with E-state index in [2.05, 4.69) is 0 Å². The highest BCUT2D eigenvalue weighted by atomic mass is 32.2. The second kappa shape index (κ2) is 3.35. The van der Waals surface area contributed by atoms with Gasteiger partial charge in [-0.25, -0.2) is 8.42 Å². The average Bonchev–Trinajstić information content (AvgIpc) is 2.01. The Kier molecular flexibility index (Phi) is 2.58. The molecule has 13 heavy (non-hydrogen) atoms. The number of rotatable bonds is 2. The molecule has 0 aromatic heterocycles. The van der Waals surface area contributed by atoms with Crippen LogP contribution in [0.1, 0.15) is 17.7 Å². The Balaban J connectivity index is 3.10. The maximum atomic E-state index is 10.6. The van der Waals surface area contributed by atoms with Gasteiger partial charge in [0.25, 0.3) is 0 Å². The summed E-state index contributed by atoms with van der Waals surface area (Å²) >= 11 is 0. The van der Waals surface area contributed by atoms with Crippen molar-refractivity contribution in [1.29, 1.82) is 0 Å². The predicted molar refractivity (Wildman–Crippen MR) is 49.0 cm³/mol. The SMILES string of the molecule is CC(c1cccc(N)c1)S(=O)(=O)[O-]. The van der Waals surface area contributed by atoms with Crippen molar-refractivity contribution in [2.45, 2.75) is 12.2 Å². The lowest BCUT2D eigenvalue weighted by atomic mass is 10.1. The number of hydrogen-bond acceptors (Lipinski definition) is 4. The van der Waals surface area contributed by atoms with E-state index in [9.17, 15) is 13.0 Å². The van der Waals surface area contributed by atoms with Crippen LogP contribution in [-0.4, -0.2) is 13.0 Å². The molecule has 1 atom stereocenters. The van der Waals surface area contributed by atoms with Crippen LogP contribution < -0.4 is 5.73 Å². The Bertz CT molecular complexity index is 400. The molecule has 0 aliphatic heterocycles. The predicted octanol–water partition coefficient (Wildman–Crippen LogP) is 0.875. The van der Waals surface area contributed by atoms with Gasteiger partial charge in [0, 0.05) is 5.69 Å². The summed E-state index contributed by atoms with van der Waals surface area (Å²) in [6, 6.07) is 6.30. The molecular weight excluding hydrogens is 190 g/mol. The van der Waals surface area contributed by atoms with Gasteiger partial charge in [-0.2, -0.15) is 0 Å². The molecule has 0 heterocycles. The lowest BCUT2D eigenvalue weighted by molar-refractivity contribution is 0.452. The van der Waals surface area contributed by atoms with Crippen molar-refractivity contribution in [3.63, 3.8) is 0 Å². The van der Waals surface area contributed by atoms with E-state index in [0.29, 0.717) is 11.3 Å². The summed E-state index contributed by atoms with van der Waals surface area (Å²) in [5.41, 5.74) is 6.32. The number of benzene rings is 1. The van der Waals surface area contributed by atoms with Crippen LogP contribution in [0.25, 0.3) is 0 Å². The van der Waals surface area contributed by atoms with Gasteiger partial charge in [0.1, 0.15) is 10.1 Å². The van der Waals surface area contributed by atoms with Gasteiger partial charge >= 0.3 is 0 Å². The zero-order chi connectivity index (χ0) is 10.1. The first-order valence-electron chi connectivity index (χ1n) is 3.71. The molecule has 0 spiro atoms. The molecule has 5 heteroatoms. The van der Waals surface area contributed by atoms with Crippen molar-refractivity contribution in [1.82, 2.24) is 0 Å². The first-order valence-corrected chi connectivity index (χ1v) is 5.18. The van der Waals surface area contributed by atoms with Crippen LogP contribution in [-0.2, 0) is 10.1 Å². The van der Waals surface area contributed by atoms with Gasteiger partial charge in [-0.05, 0) is 24.6 Å². The van der Waals surface area contributed by atoms with Crippen molar-refractivity contribution in [3.05, 3.63) is 29.8 Å². The third-order valence-electron chi connectivity index (χ3n) is 1.81. The second-order valence-corrected chi connectivity index (χ2v) is 4.50. The Morgan fingerprint density at radius 3 is 2.54 bits per heavy atom. The highest BCUT2D eigenvalue weighted by Crippen LogP contribution is 2.21. The monoisotopic (exact) mass is 200 g/mol. The van der Waals surface area contributed by atoms with Crippen molar-refractivity contribution in [2.75, 3.05) is 5.73 Å². The molecule has 0 aliphatic carbocycles. The lowest BCUT2D eigenvalue weighted by Crippen LogP contribution is -2.08. The van der Waals surface area contributed by atoms with E-state index in [1.807, 2.05) is 0 Å². The molecule has 0 bridgehead atoms. The van der Waals surface area contributed by atoms with E-state index in [-0.39, 0.29) is 0 Å². The van der Waals surface area contributed by atoms with Gasteiger partial charge in [0.05, 0.1) is 5.25 Å². The molecule has 0 amide bonds. The van der Waals surface area contributed by atoms with Crippen molar-refractivity contribution >= 4 is 15.8 Å². The van der Waals surface area contributed by atoms with Gasteiger partial charge in [0.15, 0.2) is 0 Å². The van der Waals surface area contributed by atoms with Crippen molar-refractivity contribution < 1.29 is 13.0 Å². The lowest BCUT2D eigenvalue weighted by Gasteiger charge is -2.16. The number of nitrogen functional groups attached to an aromatic ring is 1. The smallest absolute Gasteiger partial charge is 0.101 e. The number of nitrogens with two attached hydrogens (primary N) is 1. The largest absolute Gasteiger partial charge is 0.747 e. The molecule has 0 radical (unpaired) electrons. The first-order chi connectivity index (χ1) is 5.91. The molecule has 0 aliphatic rings. The maximum absolute atomic E-state index is 10.6. The molecule has 0 fully saturated rings. The molecule has 72 valence electrons. The summed E-state index contributed by atoms with van der Waals surface area (Å²) in [7, 11) is -4.28. The summed E-state index contributed by atoms with van der Waals surface area (Å²) in [6.07, 6.45) is 0. The quantitative estimate of drug-likeness (QED) is 0.567. The van der Waals surface area contributed by atoms with Crippen LogP contribution in [0.15, 0.2) is 24.3 Å². The standard InChI is InChI=1S/C8H11NO3S/c1-6(13(10,11)12)7-3-2-4-8(9)5-7/h2-6H,9H2,1H3,(H,10,11,12)/p-1. The van der Waals surface area contributed by atoms with E-state index in [1.165, 1.54) is 13.0 Å². The molecule has 1 unspecified atom stereocenters. The summed E-state index contributed by atoms with van der Waals surface area (Å²) < 4.78 is 31.9. The highest BCUT2D eigenvalue weighted by molar-refractivity contribution is 7.85. The van der Waals surface area contributed by atoms with Crippen molar-refractivity contribution in [3.8, 4) is 0 Å². The fraction of sp³-hybridized carbons (Fsp3) is 0.250. The molecule has 2 N–H and O–H groups in total. The number of hydrogen-bond donors (Lipinski definition) is 1. The van der Waals surface area contributed by atoms with Gasteiger partial charge < -0.3 is 10.3 Å². The highest BCUT2D eigenvalue weighted by Gasteiger charge is 2.11. The van der Waals surface area contributed by atoms with E-state index in [0.717, 1.165) is 0 Å². The minimum atomic E-state index is -4.28. The van der Waals surface area contributed by atoms with Crippen LogP contribution in [0, 0.1) is 0 Å². The van der Waals surface area contributed by atoms with Gasteiger partial charge in [0.2, 0.25) is 0 Å². The molecule has 0 saturated heterocycles. The normalized spacial score (nSPS) is 14.0. The summed E-state index contributed by atoms with van der Waals surface area (Å²) in [4.78, 5) is 0. The molecular formula is C8H10NO3S-. The van der Waals surface area contributed by atoms with E-state index < -0.39 is 15.4 Å². The van der Waals surface area contributed by atoms with E-state index in [1.54, 1.807) is 18.2 Å². The van der Waals surface area contributed by atoms with E-state index >= 15 is 0 Å². The first kappa shape index (κ1) is 10.0. The topological polar surface area (TPSA) is 83.2 Å². The zero-order valence-electron chi connectivity index (χ0n) is 7.10. The fourth-order valence-corrected chi connectivity index (χ4v) is 1.46. The number of anilines is 1. The molecule has 1 aromatic rings. The third kappa shape index (κ3) is 2.43. The molecule has 1 rings (SSSR count). The Labute approximate surface area is 77.1 Å². The Morgan fingerprint density at radius 1 is 1.46 bits per heavy atom. The van der Waals surface area contributed by atoms with Crippen LogP contribution in [0.4, 0.5) is 5.69 Å². The van der Waals surface area contributed by atoms with Crippen LogP contribution in [0.5, 0.6) is 0 Å². The van der Waals surface area contributed by atoms with Crippen LogP contribution >= 0.6 is 0 Å². The zero-order valence-corrected chi connectivity index (χ0v) is 7.91. The van der Waals surface area contributed by atoms with Crippen LogP contribution in [0.3, 0.4) is 0 Å². The molecule has 4 nitrogen and oxygen atoms in total. The fourth-order valence-electron chi connectivity index (χ4n) is 0.979. The summed E-state index contributed by atoms with van der Waals surface area (Å²) in [6.45, 7) is 1.34. The van der Waals surface area contributed by atoms with E-state index in [4.69, 9.17) is 5.73 Å². The summed E-state index contributed by atoms with van der Waals surface area (Å²) in [5, 5.41) is -1.05. The minimum Gasteiger partial charge on any atom is -0.747 e. The third-order valence-corrected chi connectivity index (χ3v) is 2.95. The molecule has 0 saturated carbocycles. The van der Waals surface area contributed by atoms with Gasteiger partial charge in [-0.3, -0.25) is 0 Å². The van der Waals surface area contributed by atoms with Gasteiger partial charge in [-0.1, -0.05) is 12.1 Å². The summed E-state index contributed by atoms with van der Waals surface area (Å²) in [5.74, 6) is 0. The molecule has 1 aromatic carbocycles.